The van der Waals surface area contributed by atoms with E-state index in [1.54, 1.807) is 0 Å². The van der Waals surface area contributed by atoms with E-state index in [1.807, 2.05) is 0 Å². The van der Waals surface area contributed by atoms with Crippen molar-refractivity contribution in [2.24, 2.45) is 5.92 Å². The summed E-state index contributed by atoms with van der Waals surface area (Å²) in [5, 5.41) is 3.52. The molecule has 0 saturated carbocycles. The lowest BCUT2D eigenvalue weighted by Gasteiger charge is -2.09. The smallest absolute Gasteiger partial charge is 0.0323 e. The van der Waals surface area contributed by atoms with Crippen LogP contribution in [0.15, 0.2) is 30.3 Å². The molecule has 1 fully saturated rings. The molecule has 1 saturated heterocycles. The van der Waals surface area contributed by atoms with Crippen molar-refractivity contribution in [1.29, 1.82) is 0 Å². The van der Waals surface area contributed by atoms with E-state index in [-0.39, 0.29) is 0 Å². The molecule has 0 aromatic heterocycles. The van der Waals surface area contributed by atoms with Crippen LogP contribution in [0.5, 0.6) is 0 Å². The van der Waals surface area contributed by atoms with Crippen LogP contribution in [0.3, 0.4) is 0 Å². The molecule has 1 aromatic carbocycles. The number of rotatable bonds is 1. The van der Waals surface area contributed by atoms with E-state index in [1.165, 1.54) is 18.5 Å². The summed E-state index contributed by atoms with van der Waals surface area (Å²) >= 11 is 0. The summed E-state index contributed by atoms with van der Waals surface area (Å²) in [6.45, 7) is 3.47. The largest absolute Gasteiger partial charge is 0.310 e. The summed E-state index contributed by atoms with van der Waals surface area (Å²) in [5.41, 5.74) is 1.43. The van der Waals surface area contributed by atoms with E-state index in [9.17, 15) is 0 Å². The van der Waals surface area contributed by atoms with Gasteiger partial charge in [-0.15, -0.1) is 0 Å². The number of benzene rings is 1. The topological polar surface area (TPSA) is 12.0 Å². The predicted octanol–water partition coefficient (Wildman–Crippen LogP) is 2.36. The fraction of sp³-hybridized carbons (Fsp3) is 0.455. The summed E-state index contributed by atoms with van der Waals surface area (Å²) in [6.07, 6.45) is 1.28. The van der Waals surface area contributed by atoms with Crippen molar-refractivity contribution in [3.8, 4) is 0 Å². The van der Waals surface area contributed by atoms with Gasteiger partial charge in [-0.1, -0.05) is 37.3 Å². The SMILES string of the molecule is C[C@@H]1CN[C@H](c2ccccc2)C1. The Morgan fingerprint density at radius 3 is 2.58 bits per heavy atom. The molecule has 64 valence electrons. The Morgan fingerprint density at radius 2 is 2.00 bits per heavy atom. The van der Waals surface area contributed by atoms with Crippen molar-refractivity contribution in [2.75, 3.05) is 6.54 Å². The van der Waals surface area contributed by atoms with Crippen molar-refractivity contribution >= 4 is 0 Å². The van der Waals surface area contributed by atoms with E-state index in [4.69, 9.17) is 0 Å². The highest BCUT2D eigenvalue weighted by molar-refractivity contribution is 5.19. The molecule has 12 heavy (non-hydrogen) atoms. The van der Waals surface area contributed by atoms with Crippen LogP contribution in [-0.2, 0) is 0 Å². The van der Waals surface area contributed by atoms with Gasteiger partial charge >= 0.3 is 0 Å². The number of hydrogen-bond donors (Lipinski definition) is 1. The molecule has 0 bridgehead atoms. The maximum Gasteiger partial charge on any atom is 0.0323 e. The molecule has 1 heterocycles. The van der Waals surface area contributed by atoms with Gasteiger partial charge in [-0.25, -0.2) is 0 Å². The van der Waals surface area contributed by atoms with Crippen molar-refractivity contribution in [3.63, 3.8) is 0 Å². The van der Waals surface area contributed by atoms with Gasteiger partial charge in [0.25, 0.3) is 0 Å². The first kappa shape index (κ1) is 7.81. The number of nitrogens with one attached hydrogen (secondary N) is 1. The van der Waals surface area contributed by atoms with Crippen LogP contribution in [0.1, 0.15) is 24.9 Å². The summed E-state index contributed by atoms with van der Waals surface area (Å²) in [6, 6.07) is 11.3. The quantitative estimate of drug-likeness (QED) is 0.666. The molecule has 0 unspecified atom stereocenters. The molecule has 0 radical (unpaired) electrons. The average Bonchev–Trinajstić information content (AvgIpc) is 2.54. The van der Waals surface area contributed by atoms with Crippen molar-refractivity contribution in [1.82, 2.24) is 5.32 Å². The second-order valence-electron chi connectivity index (χ2n) is 3.71. The van der Waals surface area contributed by atoms with Gasteiger partial charge in [0.1, 0.15) is 0 Å². The lowest BCUT2D eigenvalue weighted by molar-refractivity contribution is 0.612. The third-order valence-corrected chi connectivity index (χ3v) is 2.55. The Balaban J connectivity index is 2.11. The van der Waals surface area contributed by atoms with E-state index in [0.29, 0.717) is 6.04 Å². The molecule has 1 aromatic rings. The van der Waals surface area contributed by atoms with Crippen LogP contribution in [-0.4, -0.2) is 6.54 Å². The molecule has 0 amide bonds. The minimum absolute atomic E-state index is 0.598. The maximum absolute atomic E-state index is 3.52. The molecule has 1 heteroatoms. The highest BCUT2D eigenvalue weighted by atomic mass is 14.9. The first-order valence-electron chi connectivity index (χ1n) is 4.64. The van der Waals surface area contributed by atoms with Crippen molar-refractivity contribution in [2.45, 2.75) is 19.4 Å². The van der Waals surface area contributed by atoms with Gasteiger partial charge < -0.3 is 5.32 Å². The second-order valence-corrected chi connectivity index (χ2v) is 3.71. The van der Waals surface area contributed by atoms with Gasteiger partial charge in [-0.05, 0) is 24.4 Å². The van der Waals surface area contributed by atoms with Crippen LogP contribution < -0.4 is 5.32 Å². The van der Waals surface area contributed by atoms with E-state index < -0.39 is 0 Å². The van der Waals surface area contributed by atoms with Crippen molar-refractivity contribution < 1.29 is 0 Å². The van der Waals surface area contributed by atoms with Gasteiger partial charge in [-0.2, -0.15) is 0 Å². The third kappa shape index (κ3) is 1.51. The molecule has 1 N–H and O–H groups in total. The van der Waals surface area contributed by atoms with Crippen LogP contribution in [0, 0.1) is 5.92 Å². The molecule has 2 rings (SSSR count). The van der Waals surface area contributed by atoms with Gasteiger partial charge in [0.15, 0.2) is 0 Å². The minimum atomic E-state index is 0.598. The molecule has 2 atom stereocenters. The second kappa shape index (κ2) is 3.28. The van der Waals surface area contributed by atoms with Crippen LogP contribution in [0.2, 0.25) is 0 Å². The third-order valence-electron chi connectivity index (χ3n) is 2.55. The van der Waals surface area contributed by atoms with Gasteiger partial charge in [-0.3, -0.25) is 0 Å². The van der Waals surface area contributed by atoms with Crippen LogP contribution in [0.25, 0.3) is 0 Å². The molecule has 1 nitrogen and oxygen atoms in total. The highest BCUT2D eigenvalue weighted by Crippen LogP contribution is 2.25. The Kier molecular flexibility index (Phi) is 2.13. The Labute approximate surface area is 73.8 Å². The highest BCUT2D eigenvalue weighted by Gasteiger charge is 2.21. The van der Waals surface area contributed by atoms with Crippen LogP contribution >= 0.6 is 0 Å². The minimum Gasteiger partial charge on any atom is -0.310 e. The Hall–Kier alpha value is -0.820. The number of hydrogen-bond acceptors (Lipinski definition) is 1. The standard InChI is InChI=1S/C11H15N/c1-9-7-11(12-8-9)10-5-3-2-4-6-10/h2-6,9,11-12H,7-8H2,1H3/t9-,11-/m0/s1. The van der Waals surface area contributed by atoms with Gasteiger partial charge in [0, 0.05) is 6.04 Å². The lowest BCUT2D eigenvalue weighted by atomic mass is 10.0. The lowest BCUT2D eigenvalue weighted by Crippen LogP contribution is -2.12. The summed E-state index contributed by atoms with van der Waals surface area (Å²) in [7, 11) is 0. The zero-order valence-corrected chi connectivity index (χ0v) is 7.46. The first-order valence-corrected chi connectivity index (χ1v) is 4.64. The summed E-state index contributed by atoms with van der Waals surface area (Å²) in [4.78, 5) is 0. The summed E-state index contributed by atoms with van der Waals surface area (Å²) < 4.78 is 0. The van der Waals surface area contributed by atoms with E-state index in [0.717, 1.165) is 5.92 Å². The molecule has 1 aliphatic heterocycles. The Bertz CT molecular complexity index is 242. The fourth-order valence-corrected chi connectivity index (χ4v) is 1.85. The first-order chi connectivity index (χ1) is 5.86. The zero-order valence-electron chi connectivity index (χ0n) is 7.46. The molecular formula is C11H15N. The monoisotopic (exact) mass is 161 g/mol. The normalized spacial score (nSPS) is 29.1. The fourth-order valence-electron chi connectivity index (χ4n) is 1.85. The van der Waals surface area contributed by atoms with E-state index in [2.05, 4.69) is 42.6 Å². The van der Waals surface area contributed by atoms with Gasteiger partial charge in [0.2, 0.25) is 0 Å². The van der Waals surface area contributed by atoms with Crippen LogP contribution in [0.4, 0.5) is 0 Å². The molecule has 0 aliphatic carbocycles. The molecule has 1 aliphatic rings. The predicted molar refractivity (Wildman–Crippen MR) is 51.0 cm³/mol. The Morgan fingerprint density at radius 1 is 1.25 bits per heavy atom. The zero-order chi connectivity index (χ0) is 8.39. The van der Waals surface area contributed by atoms with Crippen molar-refractivity contribution in [3.05, 3.63) is 35.9 Å². The summed E-state index contributed by atoms with van der Waals surface area (Å²) in [5.74, 6) is 0.829. The van der Waals surface area contributed by atoms with Gasteiger partial charge in [0.05, 0.1) is 0 Å². The molecule has 0 spiro atoms. The molecular weight excluding hydrogens is 146 g/mol. The maximum atomic E-state index is 3.52. The average molecular weight is 161 g/mol. The van der Waals surface area contributed by atoms with E-state index >= 15 is 0 Å².